The van der Waals surface area contributed by atoms with Crippen LogP contribution in [0, 0.1) is 11.7 Å². The van der Waals surface area contributed by atoms with Gasteiger partial charge in [0.25, 0.3) is 0 Å². The summed E-state index contributed by atoms with van der Waals surface area (Å²) < 4.78 is 25.0. The maximum atomic E-state index is 13.9. The van der Waals surface area contributed by atoms with E-state index in [1.54, 1.807) is 18.2 Å². The lowest BCUT2D eigenvalue weighted by atomic mass is 10.0. The van der Waals surface area contributed by atoms with Gasteiger partial charge in [-0.3, -0.25) is 4.79 Å². The van der Waals surface area contributed by atoms with Crippen LogP contribution in [0.2, 0.25) is 10.0 Å². The van der Waals surface area contributed by atoms with Gasteiger partial charge in [-0.05, 0) is 36.1 Å². The Morgan fingerprint density at radius 1 is 1.21 bits per heavy atom. The number of carboxylic acid groups (broad SMARTS) is 1. The standard InChI is InChI=1S/C21H24Cl2FNO4/c1-12(2)7-18(21(26)27)25-10-13-8-19(28-3)20(9-16(13)23)29-11-14-15(22)5-4-6-17(14)24/h4-6,8-9,12,18,25H,7,10-11H2,1-3H3,(H,26,27). The molecule has 8 heteroatoms. The number of nitrogens with one attached hydrogen (secondary N) is 1. The van der Waals surface area contributed by atoms with Crippen molar-refractivity contribution in [3.8, 4) is 11.5 Å². The molecule has 0 aromatic heterocycles. The summed E-state index contributed by atoms with van der Waals surface area (Å²) in [5.41, 5.74) is 0.894. The first-order valence-electron chi connectivity index (χ1n) is 9.11. The molecule has 158 valence electrons. The maximum absolute atomic E-state index is 13.9. The van der Waals surface area contributed by atoms with Gasteiger partial charge in [0.05, 0.1) is 12.1 Å². The van der Waals surface area contributed by atoms with E-state index in [9.17, 15) is 14.3 Å². The zero-order chi connectivity index (χ0) is 21.6. The Hall–Kier alpha value is -2.02. The van der Waals surface area contributed by atoms with Gasteiger partial charge in [0.1, 0.15) is 18.5 Å². The lowest BCUT2D eigenvalue weighted by molar-refractivity contribution is -0.140. The van der Waals surface area contributed by atoms with Crippen molar-refractivity contribution in [1.82, 2.24) is 5.32 Å². The van der Waals surface area contributed by atoms with E-state index in [0.717, 1.165) is 0 Å². The molecule has 0 radical (unpaired) electrons. The minimum absolute atomic E-state index is 0.0920. The number of halogens is 3. The number of carboxylic acids is 1. The zero-order valence-electron chi connectivity index (χ0n) is 16.5. The number of carbonyl (C=O) groups is 1. The lowest BCUT2D eigenvalue weighted by Gasteiger charge is -2.18. The number of hydrogen-bond donors (Lipinski definition) is 2. The van der Waals surface area contributed by atoms with Crippen LogP contribution in [0.25, 0.3) is 0 Å². The van der Waals surface area contributed by atoms with E-state index in [2.05, 4.69) is 5.32 Å². The van der Waals surface area contributed by atoms with E-state index in [1.165, 1.54) is 19.2 Å². The van der Waals surface area contributed by atoms with Crippen LogP contribution >= 0.6 is 23.2 Å². The van der Waals surface area contributed by atoms with Crippen molar-refractivity contribution < 1.29 is 23.8 Å². The Morgan fingerprint density at radius 3 is 2.52 bits per heavy atom. The van der Waals surface area contributed by atoms with E-state index in [1.807, 2.05) is 13.8 Å². The molecular formula is C21H24Cl2FNO4. The zero-order valence-corrected chi connectivity index (χ0v) is 18.0. The highest BCUT2D eigenvalue weighted by Gasteiger charge is 2.19. The van der Waals surface area contributed by atoms with Crippen LogP contribution in [0.3, 0.4) is 0 Å². The molecule has 0 fully saturated rings. The molecule has 2 aromatic rings. The predicted octanol–water partition coefficient (Wildman–Crippen LogP) is 5.31. The molecule has 0 bridgehead atoms. The first-order valence-corrected chi connectivity index (χ1v) is 9.86. The van der Waals surface area contributed by atoms with Crippen LogP contribution < -0.4 is 14.8 Å². The third kappa shape index (κ3) is 6.49. The van der Waals surface area contributed by atoms with Crippen molar-refractivity contribution in [3.63, 3.8) is 0 Å². The van der Waals surface area contributed by atoms with Gasteiger partial charge < -0.3 is 19.9 Å². The molecule has 2 N–H and O–H groups in total. The average Bonchev–Trinajstić information content (AvgIpc) is 2.65. The topological polar surface area (TPSA) is 67.8 Å². The summed E-state index contributed by atoms with van der Waals surface area (Å²) in [7, 11) is 1.47. The van der Waals surface area contributed by atoms with E-state index in [0.29, 0.717) is 28.5 Å². The third-order valence-corrected chi connectivity index (χ3v) is 5.02. The van der Waals surface area contributed by atoms with E-state index in [-0.39, 0.29) is 29.7 Å². The number of benzene rings is 2. The van der Waals surface area contributed by atoms with Crippen molar-refractivity contribution in [3.05, 3.63) is 57.3 Å². The highest BCUT2D eigenvalue weighted by atomic mass is 35.5. The Labute approximate surface area is 179 Å². The quantitative estimate of drug-likeness (QED) is 0.520. The molecule has 5 nitrogen and oxygen atoms in total. The Balaban J connectivity index is 2.15. The van der Waals surface area contributed by atoms with Crippen LogP contribution in [0.5, 0.6) is 11.5 Å². The molecule has 0 heterocycles. The van der Waals surface area contributed by atoms with Gasteiger partial charge in [0, 0.05) is 23.2 Å². The molecule has 1 atom stereocenters. The first-order chi connectivity index (χ1) is 13.7. The largest absolute Gasteiger partial charge is 0.493 e. The molecule has 0 amide bonds. The fourth-order valence-electron chi connectivity index (χ4n) is 2.78. The van der Waals surface area contributed by atoms with Crippen molar-refractivity contribution >= 4 is 29.2 Å². The molecule has 1 unspecified atom stereocenters. The average molecular weight is 444 g/mol. The van der Waals surface area contributed by atoms with Crippen LogP contribution in [-0.2, 0) is 17.9 Å². The van der Waals surface area contributed by atoms with Crippen LogP contribution in [0.4, 0.5) is 4.39 Å². The summed E-state index contributed by atoms with van der Waals surface area (Å²) in [5, 5.41) is 13.0. The summed E-state index contributed by atoms with van der Waals surface area (Å²) in [6.07, 6.45) is 0.495. The monoisotopic (exact) mass is 443 g/mol. The normalized spacial score (nSPS) is 12.1. The third-order valence-electron chi connectivity index (χ3n) is 4.31. The molecule has 29 heavy (non-hydrogen) atoms. The number of hydrogen-bond acceptors (Lipinski definition) is 4. The van der Waals surface area contributed by atoms with Gasteiger partial charge in [-0.25, -0.2) is 4.39 Å². The van der Waals surface area contributed by atoms with Crippen LogP contribution in [0.15, 0.2) is 30.3 Å². The molecule has 0 aliphatic rings. The minimum Gasteiger partial charge on any atom is -0.493 e. The van der Waals surface area contributed by atoms with E-state index >= 15 is 0 Å². The van der Waals surface area contributed by atoms with Crippen molar-refractivity contribution in [1.29, 1.82) is 0 Å². The molecule has 0 spiro atoms. The smallest absolute Gasteiger partial charge is 0.320 e. The lowest BCUT2D eigenvalue weighted by Crippen LogP contribution is -2.37. The summed E-state index contributed by atoms with van der Waals surface area (Å²) >= 11 is 12.4. The summed E-state index contributed by atoms with van der Waals surface area (Å²) in [6, 6.07) is 6.95. The van der Waals surface area contributed by atoms with Crippen LogP contribution in [0.1, 0.15) is 31.4 Å². The van der Waals surface area contributed by atoms with E-state index in [4.69, 9.17) is 32.7 Å². The maximum Gasteiger partial charge on any atom is 0.320 e. The number of rotatable bonds is 10. The Kier molecular flexibility index (Phi) is 8.56. The van der Waals surface area contributed by atoms with Gasteiger partial charge in [-0.2, -0.15) is 0 Å². The Morgan fingerprint density at radius 2 is 1.93 bits per heavy atom. The second-order valence-corrected chi connectivity index (χ2v) is 7.80. The Bertz CT molecular complexity index is 841. The molecule has 0 aliphatic carbocycles. The summed E-state index contributed by atoms with van der Waals surface area (Å²) in [4.78, 5) is 11.4. The second-order valence-electron chi connectivity index (χ2n) is 6.98. The molecule has 0 saturated carbocycles. The predicted molar refractivity (Wildman–Crippen MR) is 111 cm³/mol. The highest BCUT2D eigenvalue weighted by Crippen LogP contribution is 2.34. The van der Waals surface area contributed by atoms with Gasteiger partial charge in [0.15, 0.2) is 11.5 Å². The molecular weight excluding hydrogens is 420 g/mol. The number of ether oxygens (including phenoxy) is 2. The number of methoxy groups -OCH3 is 1. The fraction of sp³-hybridized carbons (Fsp3) is 0.381. The van der Waals surface area contributed by atoms with Crippen LogP contribution in [-0.4, -0.2) is 24.2 Å². The fourth-order valence-corrected chi connectivity index (χ4v) is 3.22. The highest BCUT2D eigenvalue weighted by molar-refractivity contribution is 6.31. The van der Waals surface area contributed by atoms with Gasteiger partial charge in [0.2, 0.25) is 0 Å². The van der Waals surface area contributed by atoms with Gasteiger partial charge >= 0.3 is 5.97 Å². The first kappa shape index (κ1) is 23.3. The van der Waals surface area contributed by atoms with E-state index < -0.39 is 17.8 Å². The van der Waals surface area contributed by atoms with Gasteiger partial charge in [-0.15, -0.1) is 0 Å². The SMILES string of the molecule is COc1cc(CNC(CC(C)C)C(=O)O)c(Cl)cc1OCc1c(F)cccc1Cl. The molecule has 0 aliphatic heterocycles. The second kappa shape index (κ2) is 10.7. The van der Waals surface area contributed by atoms with Crippen molar-refractivity contribution in [2.75, 3.05) is 7.11 Å². The minimum atomic E-state index is -0.913. The van der Waals surface area contributed by atoms with Gasteiger partial charge in [-0.1, -0.05) is 43.1 Å². The summed E-state index contributed by atoms with van der Waals surface area (Å²) in [6.45, 7) is 4.08. The molecule has 0 saturated heterocycles. The van der Waals surface area contributed by atoms with Crippen molar-refractivity contribution in [2.24, 2.45) is 5.92 Å². The summed E-state index contributed by atoms with van der Waals surface area (Å²) in [5.74, 6) is -0.418. The molecule has 2 rings (SSSR count). The van der Waals surface area contributed by atoms with Crippen molar-refractivity contribution in [2.45, 2.75) is 39.5 Å². The molecule has 2 aromatic carbocycles. The number of aliphatic carboxylic acids is 1.